The van der Waals surface area contributed by atoms with Crippen LogP contribution in [-0.4, -0.2) is 53.0 Å². The summed E-state index contributed by atoms with van der Waals surface area (Å²) in [5.41, 5.74) is 3.55. The van der Waals surface area contributed by atoms with Crippen LogP contribution in [0.15, 0.2) is 12.1 Å². The molecule has 5 nitrogen and oxygen atoms in total. The molecule has 2 aliphatic heterocycles. The molecule has 1 aromatic carbocycles. The Bertz CT molecular complexity index is 645. The van der Waals surface area contributed by atoms with Crippen molar-refractivity contribution in [3.05, 3.63) is 34.4 Å². The van der Waals surface area contributed by atoms with Crippen molar-refractivity contribution < 1.29 is 14.7 Å². The Kier molecular flexibility index (Phi) is 2.63. The lowest BCUT2D eigenvalue weighted by atomic mass is 9.95. The average molecular weight is 286 g/mol. The monoisotopic (exact) mass is 286 g/mol. The van der Waals surface area contributed by atoms with Gasteiger partial charge in [0.25, 0.3) is 11.8 Å². The topological polar surface area (TPSA) is 60.9 Å². The highest BCUT2D eigenvalue weighted by atomic mass is 16.3. The van der Waals surface area contributed by atoms with Crippen molar-refractivity contribution in [2.24, 2.45) is 0 Å². The minimum absolute atomic E-state index is 0.00481. The molecule has 1 aromatic rings. The predicted molar refractivity (Wildman–Crippen MR) is 76.1 cm³/mol. The molecule has 5 heteroatoms. The first-order chi connectivity index (χ1) is 10.0. The van der Waals surface area contributed by atoms with Gasteiger partial charge in [0.2, 0.25) is 0 Å². The fourth-order valence-electron chi connectivity index (χ4n) is 3.26. The van der Waals surface area contributed by atoms with Gasteiger partial charge in [-0.1, -0.05) is 0 Å². The zero-order chi connectivity index (χ0) is 14.7. The maximum atomic E-state index is 12.4. The van der Waals surface area contributed by atoms with E-state index in [1.807, 2.05) is 6.07 Å². The molecular weight excluding hydrogens is 268 g/mol. The van der Waals surface area contributed by atoms with Gasteiger partial charge in [-0.15, -0.1) is 0 Å². The minimum atomic E-state index is -0.404. The lowest BCUT2D eigenvalue weighted by molar-refractivity contribution is 0.00588. The van der Waals surface area contributed by atoms with Crippen LogP contribution in [0.2, 0.25) is 0 Å². The summed E-state index contributed by atoms with van der Waals surface area (Å²) in [5.74, 6) is 0.435. The van der Waals surface area contributed by atoms with Gasteiger partial charge >= 0.3 is 0 Å². The van der Waals surface area contributed by atoms with Crippen LogP contribution in [-0.2, 0) is 6.54 Å². The zero-order valence-corrected chi connectivity index (χ0v) is 12.0. The summed E-state index contributed by atoms with van der Waals surface area (Å²) >= 11 is 0. The van der Waals surface area contributed by atoms with Crippen molar-refractivity contribution >= 4 is 11.8 Å². The summed E-state index contributed by atoms with van der Waals surface area (Å²) in [6.07, 6.45) is 1.88. The Balaban J connectivity index is 1.74. The predicted octanol–water partition coefficient (Wildman–Crippen LogP) is 0.966. The first kappa shape index (κ1) is 12.8. The molecule has 0 bridgehead atoms. The van der Waals surface area contributed by atoms with Crippen LogP contribution in [0.4, 0.5) is 0 Å². The Morgan fingerprint density at radius 3 is 2.62 bits per heavy atom. The minimum Gasteiger partial charge on any atom is -0.389 e. The molecule has 110 valence electrons. The van der Waals surface area contributed by atoms with Gasteiger partial charge in [-0.05, 0) is 42.0 Å². The number of aliphatic hydroxyl groups is 1. The fourth-order valence-corrected chi connectivity index (χ4v) is 3.26. The first-order valence-electron chi connectivity index (χ1n) is 7.44. The molecule has 0 unspecified atom stereocenters. The number of amides is 2. The van der Waals surface area contributed by atoms with Crippen LogP contribution < -0.4 is 0 Å². The summed E-state index contributed by atoms with van der Waals surface area (Å²) in [7, 11) is 1.80. The maximum absolute atomic E-state index is 12.4. The smallest absolute Gasteiger partial charge is 0.254 e. The van der Waals surface area contributed by atoms with E-state index in [1.54, 1.807) is 22.9 Å². The van der Waals surface area contributed by atoms with Crippen molar-refractivity contribution in [1.29, 1.82) is 0 Å². The number of fused-ring (bicyclic) bond motifs is 1. The van der Waals surface area contributed by atoms with Gasteiger partial charge in [0.1, 0.15) is 0 Å². The summed E-state index contributed by atoms with van der Waals surface area (Å²) in [6, 6.07) is 3.70. The van der Waals surface area contributed by atoms with Crippen molar-refractivity contribution in [3.63, 3.8) is 0 Å². The van der Waals surface area contributed by atoms with Crippen LogP contribution in [0.5, 0.6) is 0 Å². The van der Waals surface area contributed by atoms with E-state index in [0.29, 0.717) is 36.7 Å². The number of hydrogen-bond acceptors (Lipinski definition) is 3. The van der Waals surface area contributed by atoms with Crippen LogP contribution in [0.1, 0.15) is 50.6 Å². The van der Waals surface area contributed by atoms with Crippen LogP contribution in [0, 0.1) is 0 Å². The average Bonchev–Trinajstić information content (AvgIpc) is 3.23. The Morgan fingerprint density at radius 1 is 1.29 bits per heavy atom. The highest BCUT2D eigenvalue weighted by Crippen LogP contribution is 2.44. The molecular formula is C16H18N2O3. The van der Waals surface area contributed by atoms with Gasteiger partial charge in [-0.3, -0.25) is 9.59 Å². The molecule has 0 spiro atoms. The second-order valence-corrected chi connectivity index (χ2v) is 6.39. The molecule has 21 heavy (non-hydrogen) atoms. The fraction of sp³-hybridized carbons (Fsp3) is 0.500. The molecule has 2 fully saturated rings. The van der Waals surface area contributed by atoms with E-state index in [9.17, 15) is 14.7 Å². The molecule has 3 aliphatic rings. The van der Waals surface area contributed by atoms with E-state index in [2.05, 4.69) is 0 Å². The van der Waals surface area contributed by atoms with E-state index in [4.69, 9.17) is 0 Å². The number of carbonyl (C=O) groups excluding carboxylic acids is 2. The second kappa shape index (κ2) is 4.31. The van der Waals surface area contributed by atoms with E-state index >= 15 is 0 Å². The van der Waals surface area contributed by atoms with Crippen molar-refractivity contribution in [2.75, 3.05) is 20.1 Å². The number of likely N-dealkylation sites (tertiary alicyclic amines) is 1. The number of aliphatic hydroxyl groups excluding tert-OH is 1. The van der Waals surface area contributed by atoms with E-state index in [0.717, 1.165) is 18.4 Å². The number of benzene rings is 1. The molecule has 0 aromatic heterocycles. The molecule has 1 aliphatic carbocycles. The highest BCUT2D eigenvalue weighted by molar-refractivity contribution is 6.03. The van der Waals surface area contributed by atoms with Crippen molar-refractivity contribution in [1.82, 2.24) is 9.80 Å². The van der Waals surface area contributed by atoms with E-state index in [1.165, 1.54) is 5.56 Å². The van der Waals surface area contributed by atoms with Gasteiger partial charge in [0.05, 0.1) is 6.10 Å². The van der Waals surface area contributed by atoms with Gasteiger partial charge < -0.3 is 14.9 Å². The van der Waals surface area contributed by atoms with Crippen LogP contribution in [0.25, 0.3) is 0 Å². The number of rotatable bonds is 2. The molecule has 1 saturated heterocycles. The van der Waals surface area contributed by atoms with Gasteiger partial charge in [-0.2, -0.15) is 0 Å². The summed E-state index contributed by atoms with van der Waals surface area (Å²) in [5, 5.41) is 9.34. The second-order valence-electron chi connectivity index (χ2n) is 6.39. The van der Waals surface area contributed by atoms with Crippen molar-refractivity contribution in [3.8, 4) is 0 Å². The zero-order valence-electron chi connectivity index (χ0n) is 12.0. The van der Waals surface area contributed by atoms with Gasteiger partial charge in [0.15, 0.2) is 0 Å². The van der Waals surface area contributed by atoms with Crippen LogP contribution in [0.3, 0.4) is 0 Å². The quantitative estimate of drug-likeness (QED) is 0.881. The Hall–Kier alpha value is -1.88. The summed E-state index contributed by atoms with van der Waals surface area (Å²) < 4.78 is 0. The third-order valence-electron chi connectivity index (χ3n) is 4.67. The normalized spacial score (nSPS) is 21.5. The number of nitrogens with zero attached hydrogens (tertiary/aromatic N) is 2. The van der Waals surface area contributed by atoms with Gasteiger partial charge in [0, 0.05) is 37.8 Å². The SMILES string of the molecule is CN1Cc2c(cc(C(=O)N3CC(O)C3)cc2C2CC2)C1=O. The Morgan fingerprint density at radius 2 is 2.00 bits per heavy atom. The molecule has 0 atom stereocenters. The molecule has 1 saturated carbocycles. The number of hydrogen-bond donors (Lipinski definition) is 1. The first-order valence-corrected chi connectivity index (χ1v) is 7.44. The highest BCUT2D eigenvalue weighted by Gasteiger charge is 2.36. The third-order valence-corrected chi connectivity index (χ3v) is 4.67. The third kappa shape index (κ3) is 1.95. The molecule has 1 N–H and O–H groups in total. The van der Waals surface area contributed by atoms with Crippen LogP contribution >= 0.6 is 0 Å². The summed E-state index contributed by atoms with van der Waals surface area (Å²) in [6.45, 7) is 1.43. The molecule has 2 amide bonds. The maximum Gasteiger partial charge on any atom is 0.254 e. The number of carbonyl (C=O) groups is 2. The summed E-state index contributed by atoms with van der Waals surface area (Å²) in [4.78, 5) is 28.0. The lowest BCUT2D eigenvalue weighted by Gasteiger charge is -2.36. The molecule has 0 radical (unpaired) electrons. The largest absolute Gasteiger partial charge is 0.389 e. The standard InChI is InChI=1S/C16H18N2O3/c1-17-8-14-12(9-2-3-9)4-10(5-13(14)16(17)21)15(20)18-6-11(19)7-18/h4-5,9,11,19H,2-3,6-8H2,1H3. The molecule has 4 rings (SSSR count). The van der Waals surface area contributed by atoms with E-state index in [-0.39, 0.29) is 11.8 Å². The van der Waals surface area contributed by atoms with Gasteiger partial charge in [-0.25, -0.2) is 0 Å². The molecule has 2 heterocycles. The van der Waals surface area contributed by atoms with E-state index < -0.39 is 6.10 Å². The Labute approximate surface area is 123 Å². The van der Waals surface area contributed by atoms with Crippen molar-refractivity contribution in [2.45, 2.75) is 31.4 Å². The lowest BCUT2D eigenvalue weighted by Crippen LogP contribution is -2.53. The number of β-amino-alcohol motifs (C(OH)–C–C–N with tert-alkyl or cyclic N) is 1.